The number of ketones is 1. The number of Topliss-reactive ketones (excluding diaryl/α,β-unsaturated/α-hetero) is 1. The van der Waals surface area contributed by atoms with E-state index in [0.717, 1.165) is 17.7 Å². The second kappa shape index (κ2) is 21.8. The van der Waals surface area contributed by atoms with Crippen LogP contribution in [0.4, 0.5) is 105 Å². The Morgan fingerprint density at radius 2 is 0.700 bits per heavy atom. The Morgan fingerprint density at radius 1 is 0.412 bits per heavy atom. The highest BCUT2D eigenvalue weighted by Crippen LogP contribution is 2.41. The van der Waals surface area contributed by atoms with Gasteiger partial charge >= 0.3 is 49.4 Å². The minimum Gasteiger partial charge on any atom is -0.287 e. The van der Waals surface area contributed by atoms with Crippen molar-refractivity contribution < 1.29 is 115 Å². The average Bonchev–Trinajstić information content (AvgIpc) is 3.33. The number of halogens is 24. The lowest BCUT2D eigenvalue weighted by atomic mass is 9.12. The molecule has 0 bridgehead atoms. The smallest absolute Gasteiger partial charge is 0.287 e. The number of carbonyl (C=O) groups excluding carboxylic acids is 1. The van der Waals surface area contributed by atoms with Gasteiger partial charge in [0.2, 0.25) is 12.3 Å². The van der Waals surface area contributed by atoms with Crippen molar-refractivity contribution in [3.05, 3.63) is 213 Å². The molecule has 7 aromatic rings. The molecule has 426 valence electrons. The summed E-state index contributed by atoms with van der Waals surface area (Å²) < 4.78 is 343. The van der Waals surface area contributed by atoms with Crippen molar-refractivity contribution in [2.24, 2.45) is 0 Å². The number of hydrogen-bond donors (Lipinski definition) is 0. The zero-order valence-electron chi connectivity index (χ0n) is 39.7. The van der Waals surface area contributed by atoms with Gasteiger partial charge in [0.25, 0.3) is 0 Å². The van der Waals surface area contributed by atoms with E-state index in [9.17, 15) is 110 Å². The maximum atomic E-state index is 14.2. The van der Waals surface area contributed by atoms with Crippen LogP contribution in [0, 0.1) is 6.92 Å². The van der Waals surface area contributed by atoms with Crippen molar-refractivity contribution in [2.45, 2.75) is 69.3 Å². The van der Waals surface area contributed by atoms with E-state index < -0.39 is 195 Å². The van der Waals surface area contributed by atoms with Crippen LogP contribution in [0.1, 0.15) is 71.7 Å². The summed E-state index contributed by atoms with van der Waals surface area (Å²) in [6, 6.07) is 8.99. The minimum absolute atomic E-state index is 0.100. The van der Waals surface area contributed by atoms with Gasteiger partial charge in [-0.1, -0.05) is 109 Å². The Labute approximate surface area is 435 Å². The molecule has 0 aliphatic heterocycles. The van der Waals surface area contributed by atoms with Crippen LogP contribution in [-0.4, -0.2) is 16.9 Å². The van der Waals surface area contributed by atoms with Gasteiger partial charge in [-0.05, 0) is 36.8 Å². The van der Waals surface area contributed by atoms with Gasteiger partial charge in [-0.3, -0.25) is 4.79 Å². The minimum atomic E-state index is -6.13. The Morgan fingerprint density at radius 3 is 0.975 bits per heavy atom. The summed E-state index contributed by atoms with van der Waals surface area (Å²) in [5.41, 5.74) is -26.0. The van der Waals surface area contributed by atoms with E-state index in [1.807, 2.05) is 47.3 Å². The summed E-state index contributed by atoms with van der Waals surface area (Å²) in [6.45, 7) is 2.40. The summed E-state index contributed by atoms with van der Waals surface area (Å²) in [5.74, 6) is 0.100. The number of carbonyl (C=O) groups is 1. The van der Waals surface area contributed by atoms with Gasteiger partial charge in [0.05, 0.1) is 50.7 Å². The molecule has 1 heterocycles. The largest absolute Gasteiger partial charge is 0.416 e. The van der Waals surface area contributed by atoms with Crippen molar-refractivity contribution in [1.82, 2.24) is 4.98 Å². The van der Waals surface area contributed by atoms with E-state index in [1.165, 1.54) is 11.1 Å². The second-order valence-corrected chi connectivity index (χ2v) is 17.9. The predicted molar refractivity (Wildman–Crippen MR) is 239 cm³/mol. The normalized spacial score (nSPS) is 13.2. The zero-order valence-corrected chi connectivity index (χ0v) is 39.7. The molecule has 0 spiro atoms. The van der Waals surface area contributed by atoms with Crippen molar-refractivity contribution in [3.63, 3.8) is 0 Å². The van der Waals surface area contributed by atoms with Crippen LogP contribution in [-0.2, 0) is 62.4 Å². The topological polar surface area (TPSA) is 33.8 Å². The first-order valence-electron chi connectivity index (χ1n) is 22.3. The molecule has 28 heteroatoms. The molecule has 1 aromatic heterocycles. The monoisotopic (exact) mass is 1170 g/mol. The van der Waals surface area contributed by atoms with Crippen LogP contribution >= 0.6 is 0 Å². The Hall–Kier alpha value is -7.55. The number of hydrogen-bond acceptors (Lipinski definition) is 2. The molecule has 0 fully saturated rings. The van der Waals surface area contributed by atoms with E-state index in [4.69, 9.17) is 0 Å². The standard InChI is InChI=1S/C32H12BF24.C20H19N2O/c34-25(35,36)13-1-14(26(37,38)39)6-21(5-13)33(22-7-15(27(40,41)42)2-16(8-22)28(43,44)45,23-9-17(29(46,47)48)3-18(10-23)30(49,50)51)24-11-19(31(52,53)54)4-20(12-24)32(55,56)57;1-16-7-9-17(10-8-16)13-19-14-22(12-11-21-19)15-20(23)18-5-3-2-4-6-18/h1-12H;2-12,14H,13,15H2,1H3/q-1;+1. The third-order valence-electron chi connectivity index (χ3n) is 12.2. The summed E-state index contributed by atoms with van der Waals surface area (Å²) >= 11 is 0. The highest BCUT2D eigenvalue weighted by molar-refractivity contribution is 7.20. The molecule has 0 aliphatic rings. The van der Waals surface area contributed by atoms with Gasteiger partial charge in [-0.15, -0.1) is 0 Å². The van der Waals surface area contributed by atoms with Gasteiger partial charge in [0, 0.05) is 12.0 Å². The lowest BCUT2D eigenvalue weighted by Crippen LogP contribution is -2.75. The van der Waals surface area contributed by atoms with Crippen LogP contribution in [0.15, 0.2) is 146 Å². The fourth-order valence-electron chi connectivity index (χ4n) is 8.54. The molecule has 6 aromatic carbocycles. The van der Waals surface area contributed by atoms with Crippen molar-refractivity contribution in [3.8, 4) is 0 Å². The van der Waals surface area contributed by atoms with Crippen LogP contribution in [0.2, 0.25) is 0 Å². The summed E-state index contributed by atoms with van der Waals surface area (Å²) in [4.78, 5) is 16.7. The lowest BCUT2D eigenvalue weighted by Gasteiger charge is -2.46. The molecule has 3 nitrogen and oxygen atoms in total. The first-order valence-corrected chi connectivity index (χ1v) is 22.3. The highest BCUT2D eigenvalue weighted by atomic mass is 19.4. The van der Waals surface area contributed by atoms with Gasteiger partial charge in [-0.25, -0.2) is 4.98 Å². The summed E-state index contributed by atoms with van der Waals surface area (Å²) in [6.07, 6.45) is -48.5. The molecule has 7 rings (SSSR count). The van der Waals surface area contributed by atoms with Gasteiger partial charge in [-0.2, -0.15) is 132 Å². The zero-order chi connectivity index (χ0) is 60.0. The molecule has 0 saturated carbocycles. The maximum absolute atomic E-state index is 14.2. The first-order chi connectivity index (χ1) is 36.5. The third-order valence-corrected chi connectivity index (χ3v) is 12.2. The number of alkyl halides is 24. The van der Waals surface area contributed by atoms with Crippen molar-refractivity contribution in [2.75, 3.05) is 0 Å². The van der Waals surface area contributed by atoms with E-state index >= 15 is 0 Å². The molecule has 0 atom stereocenters. The summed E-state index contributed by atoms with van der Waals surface area (Å²) in [5, 5.41) is 0. The Kier molecular flexibility index (Phi) is 16.8. The molecule has 0 saturated heterocycles. The van der Waals surface area contributed by atoms with Crippen LogP contribution < -0.4 is 26.4 Å². The molecule has 0 N–H and O–H groups in total. The van der Waals surface area contributed by atoms with Crippen LogP contribution in [0.25, 0.3) is 0 Å². The Balaban J connectivity index is 0.000000370. The van der Waals surface area contributed by atoms with Gasteiger partial charge < -0.3 is 0 Å². The van der Waals surface area contributed by atoms with E-state index in [2.05, 4.69) is 36.2 Å². The molecule has 0 radical (unpaired) electrons. The maximum Gasteiger partial charge on any atom is 0.416 e. The fourth-order valence-corrected chi connectivity index (χ4v) is 8.54. The van der Waals surface area contributed by atoms with E-state index in [0.29, 0.717) is 6.54 Å². The summed E-state index contributed by atoms with van der Waals surface area (Å²) in [7, 11) is 0. The quantitative estimate of drug-likeness (QED) is 0.0625. The molecular weight excluding hydrogens is 1140 g/mol. The number of rotatable bonds is 9. The van der Waals surface area contributed by atoms with Crippen LogP contribution in [0.5, 0.6) is 0 Å². The van der Waals surface area contributed by atoms with Gasteiger partial charge in [0.15, 0.2) is 12.4 Å². The fraction of sp³-hybridized carbons (Fsp3) is 0.212. The SMILES string of the molecule is Cc1ccc(Cc2c[n+](CC(=O)c3ccccc3)ccn2)cc1.FC(F)(F)c1cc([B-](c2cc(C(F)(F)F)cc(C(F)(F)F)c2)(c2cc(C(F)(F)F)cc(C(F)(F)F)c2)c2cc(C(F)(F)F)cc(C(F)(F)F)c2)cc(C(F)(F)F)c1. The molecule has 80 heavy (non-hydrogen) atoms. The van der Waals surface area contributed by atoms with E-state index in [1.54, 1.807) is 6.20 Å². The van der Waals surface area contributed by atoms with E-state index in [-0.39, 0.29) is 5.78 Å². The number of aryl methyl sites for hydroxylation is 1. The average molecular weight is 1170 g/mol. The Bertz CT molecular complexity index is 2910. The van der Waals surface area contributed by atoms with Gasteiger partial charge in [0.1, 0.15) is 11.8 Å². The second-order valence-electron chi connectivity index (χ2n) is 17.9. The number of benzene rings is 6. The molecule has 0 amide bonds. The predicted octanol–water partition coefficient (Wildman–Crippen LogP) is 14.4. The molecule has 0 unspecified atom stereocenters. The molecular formula is C52H31BF24N2O. The number of nitrogens with zero attached hydrogens (tertiary/aromatic N) is 2. The lowest BCUT2D eigenvalue weighted by molar-refractivity contribution is -0.684. The number of aromatic nitrogens is 2. The highest BCUT2D eigenvalue weighted by Gasteiger charge is 2.47. The van der Waals surface area contributed by atoms with Crippen molar-refractivity contribution >= 4 is 33.8 Å². The van der Waals surface area contributed by atoms with Crippen LogP contribution in [0.3, 0.4) is 0 Å². The van der Waals surface area contributed by atoms with Crippen molar-refractivity contribution in [1.29, 1.82) is 0 Å². The molecule has 0 aliphatic carbocycles. The third kappa shape index (κ3) is 14.6. The first kappa shape index (κ1) is 61.7.